The van der Waals surface area contributed by atoms with E-state index in [1.807, 2.05) is 0 Å². The maximum Gasteiger partial charge on any atom is 0.334 e. The molecule has 0 N–H and O–H groups in total. The zero-order valence-corrected chi connectivity index (χ0v) is 14.5. The molecule has 0 bridgehead atoms. The van der Waals surface area contributed by atoms with Crippen LogP contribution in [0.4, 0.5) is 0 Å². The molecule has 0 aromatic heterocycles. The van der Waals surface area contributed by atoms with Gasteiger partial charge in [0.05, 0.1) is 5.92 Å². The fourth-order valence-electron chi connectivity index (χ4n) is 2.87. The Morgan fingerprint density at radius 1 is 1.24 bits per heavy atom. The molecule has 1 saturated heterocycles. The van der Waals surface area contributed by atoms with E-state index in [0.717, 1.165) is 0 Å². The lowest BCUT2D eigenvalue weighted by Gasteiger charge is -2.27. The zero-order valence-electron chi connectivity index (χ0n) is 14.5. The molecule has 0 aromatic carbocycles. The van der Waals surface area contributed by atoms with Gasteiger partial charge in [-0.1, -0.05) is 18.7 Å². The second-order valence-corrected chi connectivity index (χ2v) is 6.39. The van der Waals surface area contributed by atoms with E-state index < -0.39 is 35.8 Å². The van der Waals surface area contributed by atoms with Crippen LogP contribution in [0, 0.1) is 5.92 Å². The molecule has 0 spiro atoms. The van der Waals surface area contributed by atoms with Gasteiger partial charge in [-0.05, 0) is 38.5 Å². The van der Waals surface area contributed by atoms with Gasteiger partial charge >= 0.3 is 11.9 Å². The van der Waals surface area contributed by atoms with Crippen molar-refractivity contribution in [3.05, 3.63) is 47.6 Å². The number of carbonyl (C=O) groups is 4. The summed E-state index contributed by atoms with van der Waals surface area (Å²) >= 11 is 0. The molecule has 1 heterocycles. The van der Waals surface area contributed by atoms with E-state index in [1.165, 1.54) is 26.0 Å². The van der Waals surface area contributed by atoms with E-state index >= 15 is 0 Å². The van der Waals surface area contributed by atoms with Crippen LogP contribution >= 0.6 is 0 Å². The third-order valence-corrected chi connectivity index (χ3v) is 4.15. The molecule has 6 nitrogen and oxygen atoms in total. The summed E-state index contributed by atoms with van der Waals surface area (Å²) in [7, 11) is 0. The summed E-state index contributed by atoms with van der Waals surface area (Å²) in [6.07, 6.45) is 0.712. The van der Waals surface area contributed by atoms with Crippen LogP contribution in [-0.4, -0.2) is 35.7 Å². The van der Waals surface area contributed by atoms with Crippen molar-refractivity contribution in [2.75, 3.05) is 0 Å². The van der Waals surface area contributed by atoms with E-state index in [0.29, 0.717) is 5.57 Å². The molecule has 1 aliphatic heterocycles. The SMILES string of the molecule is C=C(C)C(=O)O[C@H]1C/C(C)=C/C(=O)/C=C(/C)C(=O)[C@H]2OC(=O)C(=C)[C@H]12. The highest BCUT2D eigenvalue weighted by Crippen LogP contribution is 2.36. The molecule has 6 heteroatoms. The standard InChI is InChI=1S/C19H20O6/c1-9(2)18(22)24-14-7-10(3)6-13(20)8-11(4)16(21)17-15(14)12(5)19(23)25-17/h6,8,14-15,17H,1,5,7H2,2-4H3/b10-6+,11-8-/t14-,15+,17-/m0/s1. The van der Waals surface area contributed by atoms with Crippen molar-refractivity contribution < 1.29 is 28.7 Å². The first kappa shape index (κ1) is 18.6. The van der Waals surface area contributed by atoms with Crippen molar-refractivity contribution in [3.63, 3.8) is 0 Å². The predicted octanol–water partition coefficient (Wildman–Crippen LogP) is 2.01. The number of ether oxygens (including phenoxy) is 2. The van der Waals surface area contributed by atoms with Gasteiger partial charge in [0.25, 0.3) is 0 Å². The molecular weight excluding hydrogens is 324 g/mol. The molecule has 3 atom stereocenters. The lowest BCUT2D eigenvalue weighted by atomic mass is 9.83. The first-order valence-electron chi connectivity index (χ1n) is 7.81. The summed E-state index contributed by atoms with van der Waals surface area (Å²) in [5.74, 6) is -3.03. The van der Waals surface area contributed by atoms with E-state index in [2.05, 4.69) is 13.2 Å². The predicted molar refractivity (Wildman–Crippen MR) is 89.3 cm³/mol. The lowest BCUT2D eigenvalue weighted by molar-refractivity contribution is -0.151. The van der Waals surface area contributed by atoms with Crippen molar-refractivity contribution in [1.29, 1.82) is 0 Å². The third-order valence-electron chi connectivity index (χ3n) is 4.15. The fourth-order valence-corrected chi connectivity index (χ4v) is 2.87. The minimum absolute atomic E-state index is 0.0744. The highest BCUT2D eigenvalue weighted by Gasteiger charge is 2.49. The van der Waals surface area contributed by atoms with Gasteiger partial charge in [-0.25, -0.2) is 9.59 Å². The van der Waals surface area contributed by atoms with Crippen LogP contribution < -0.4 is 0 Å². The quantitative estimate of drug-likeness (QED) is 0.562. The summed E-state index contributed by atoms with van der Waals surface area (Å²) in [6, 6.07) is 0. The van der Waals surface area contributed by atoms with Crippen LogP contribution in [0.5, 0.6) is 0 Å². The third kappa shape index (κ3) is 3.84. The molecule has 0 unspecified atom stereocenters. The number of hydrogen-bond donors (Lipinski definition) is 0. The van der Waals surface area contributed by atoms with Gasteiger partial charge in [-0.2, -0.15) is 0 Å². The number of esters is 2. The number of allylic oxidation sites excluding steroid dienone is 2. The molecule has 0 aromatic rings. The Kier molecular flexibility index (Phi) is 5.21. The first-order valence-corrected chi connectivity index (χ1v) is 7.81. The number of hydrogen-bond acceptors (Lipinski definition) is 6. The molecule has 25 heavy (non-hydrogen) atoms. The highest BCUT2D eigenvalue weighted by atomic mass is 16.6. The number of carbonyl (C=O) groups excluding carboxylic acids is 4. The minimum atomic E-state index is -1.17. The Hall–Kier alpha value is -2.76. The van der Waals surface area contributed by atoms with Gasteiger partial charge in [0.1, 0.15) is 6.10 Å². The van der Waals surface area contributed by atoms with E-state index in [-0.39, 0.29) is 28.9 Å². The molecule has 0 saturated carbocycles. The molecule has 0 radical (unpaired) electrons. The molecule has 1 aliphatic carbocycles. The Balaban J connectivity index is 2.52. The van der Waals surface area contributed by atoms with Crippen LogP contribution in [-0.2, 0) is 28.7 Å². The molecular formula is C19H20O6. The van der Waals surface area contributed by atoms with Crippen molar-refractivity contribution in [2.24, 2.45) is 5.92 Å². The highest BCUT2D eigenvalue weighted by molar-refractivity contribution is 6.10. The summed E-state index contributed by atoms with van der Waals surface area (Å²) in [4.78, 5) is 48.5. The van der Waals surface area contributed by atoms with E-state index in [4.69, 9.17) is 9.47 Å². The van der Waals surface area contributed by atoms with E-state index in [9.17, 15) is 19.2 Å². The molecule has 2 aliphatic rings. The molecule has 2 rings (SSSR count). The maximum absolute atomic E-state index is 12.6. The fraction of sp³-hybridized carbons (Fsp3) is 0.368. The van der Waals surface area contributed by atoms with E-state index in [1.54, 1.807) is 6.92 Å². The summed E-state index contributed by atoms with van der Waals surface area (Å²) < 4.78 is 10.6. The Morgan fingerprint density at radius 2 is 1.88 bits per heavy atom. The number of fused-ring (bicyclic) bond motifs is 1. The van der Waals surface area contributed by atoms with Gasteiger partial charge in [0.2, 0.25) is 0 Å². The van der Waals surface area contributed by atoms with Crippen molar-refractivity contribution in [2.45, 2.75) is 39.4 Å². The Bertz CT molecular complexity index is 752. The maximum atomic E-state index is 12.6. The summed E-state index contributed by atoms with van der Waals surface area (Å²) in [6.45, 7) is 11.9. The molecule has 132 valence electrons. The Labute approximate surface area is 145 Å². The minimum Gasteiger partial charge on any atom is -0.458 e. The number of ketones is 2. The topological polar surface area (TPSA) is 86.7 Å². The van der Waals surface area contributed by atoms with Gasteiger partial charge in [0.15, 0.2) is 17.7 Å². The number of rotatable bonds is 2. The van der Waals surface area contributed by atoms with Crippen molar-refractivity contribution in [1.82, 2.24) is 0 Å². The number of Topliss-reactive ketones (excluding diaryl/α,β-unsaturated/α-hetero) is 1. The summed E-state index contributed by atoms with van der Waals surface area (Å²) in [5.41, 5.74) is 1.07. The first-order chi connectivity index (χ1) is 11.6. The molecule has 1 fully saturated rings. The summed E-state index contributed by atoms with van der Waals surface area (Å²) in [5, 5.41) is 0. The Morgan fingerprint density at radius 3 is 2.48 bits per heavy atom. The van der Waals surface area contributed by atoms with Crippen LogP contribution in [0.15, 0.2) is 47.6 Å². The average molecular weight is 344 g/mol. The van der Waals surface area contributed by atoms with Crippen LogP contribution in [0.3, 0.4) is 0 Å². The zero-order chi connectivity index (χ0) is 18.9. The monoisotopic (exact) mass is 344 g/mol. The average Bonchev–Trinajstić information content (AvgIpc) is 2.80. The van der Waals surface area contributed by atoms with Gasteiger partial charge in [-0.15, -0.1) is 0 Å². The van der Waals surface area contributed by atoms with Gasteiger partial charge in [-0.3, -0.25) is 9.59 Å². The largest absolute Gasteiger partial charge is 0.458 e. The second-order valence-electron chi connectivity index (χ2n) is 6.39. The van der Waals surface area contributed by atoms with Crippen molar-refractivity contribution >= 4 is 23.5 Å². The van der Waals surface area contributed by atoms with Crippen LogP contribution in [0.2, 0.25) is 0 Å². The molecule has 0 amide bonds. The van der Waals surface area contributed by atoms with Crippen LogP contribution in [0.1, 0.15) is 27.2 Å². The normalized spacial score (nSPS) is 31.2. The smallest absolute Gasteiger partial charge is 0.334 e. The lowest BCUT2D eigenvalue weighted by Crippen LogP contribution is -2.38. The van der Waals surface area contributed by atoms with Gasteiger partial charge in [0, 0.05) is 17.6 Å². The van der Waals surface area contributed by atoms with Crippen LogP contribution in [0.25, 0.3) is 0 Å². The second kappa shape index (κ2) is 7.01. The van der Waals surface area contributed by atoms with Gasteiger partial charge < -0.3 is 9.47 Å². The van der Waals surface area contributed by atoms with Crippen molar-refractivity contribution in [3.8, 4) is 0 Å².